The van der Waals surface area contributed by atoms with E-state index in [0.717, 1.165) is 31.0 Å². The van der Waals surface area contributed by atoms with Gasteiger partial charge in [0.25, 0.3) is 0 Å². The quantitative estimate of drug-likeness (QED) is 0.345. The lowest BCUT2D eigenvalue weighted by molar-refractivity contribution is -0.139. The summed E-state index contributed by atoms with van der Waals surface area (Å²) in [6.45, 7) is 8.24. The zero-order valence-electron chi connectivity index (χ0n) is 24.3. The summed E-state index contributed by atoms with van der Waals surface area (Å²) in [5, 5.41) is 9.45. The van der Waals surface area contributed by atoms with Crippen molar-refractivity contribution in [3.05, 3.63) is 53.5 Å². The van der Waals surface area contributed by atoms with E-state index in [9.17, 15) is 27.6 Å². The van der Waals surface area contributed by atoms with Gasteiger partial charge in [0.2, 0.25) is 5.91 Å². The number of piperazine rings is 1. The molecule has 2 fully saturated rings. The van der Waals surface area contributed by atoms with Gasteiger partial charge in [-0.3, -0.25) is 9.69 Å². The molecule has 0 spiro atoms. The Kier molecular flexibility index (Phi) is 8.51. The number of aromatic nitrogens is 2. The maximum absolute atomic E-state index is 14.4. The Labute approximate surface area is 248 Å². The monoisotopic (exact) mass is 601 g/mol. The molecule has 2 saturated heterocycles. The molecule has 0 saturated carbocycles. The SMILES string of the molecule is C=CC(=O)N1CCN(c2nc(OC[C@@]3(C)CCCN3C)nc3c2CCN(c2cccc(F)c2C(F)(F)F)C3)CC1CC#N. The fourth-order valence-electron chi connectivity index (χ4n) is 6.27. The number of nitriles is 1. The van der Waals surface area contributed by atoms with Crippen LogP contribution in [0.25, 0.3) is 0 Å². The molecule has 0 N–H and O–H groups in total. The molecule has 1 aromatic carbocycles. The van der Waals surface area contributed by atoms with Crippen LogP contribution in [0.15, 0.2) is 30.9 Å². The minimum atomic E-state index is -4.87. The van der Waals surface area contributed by atoms with E-state index in [1.54, 1.807) is 4.90 Å². The number of fused-ring (bicyclic) bond motifs is 1. The zero-order valence-corrected chi connectivity index (χ0v) is 24.3. The predicted molar refractivity (Wildman–Crippen MR) is 152 cm³/mol. The molecule has 9 nitrogen and oxygen atoms in total. The van der Waals surface area contributed by atoms with Crippen molar-refractivity contribution in [3.8, 4) is 12.1 Å². The molecule has 1 aromatic heterocycles. The van der Waals surface area contributed by atoms with Crippen LogP contribution in [0, 0.1) is 17.1 Å². The van der Waals surface area contributed by atoms with Crippen LogP contribution in [-0.2, 0) is 23.9 Å². The molecule has 230 valence electrons. The van der Waals surface area contributed by atoms with Crippen molar-refractivity contribution in [2.24, 2.45) is 0 Å². The Morgan fingerprint density at radius 1 is 1.23 bits per heavy atom. The second kappa shape index (κ2) is 12.0. The first-order chi connectivity index (χ1) is 20.4. The third kappa shape index (κ3) is 6.11. The first-order valence-electron chi connectivity index (χ1n) is 14.3. The molecule has 1 unspecified atom stereocenters. The van der Waals surface area contributed by atoms with E-state index in [4.69, 9.17) is 9.72 Å². The summed E-state index contributed by atoms with van der Waals surface area (Å²) in [7, 11) is 2.03. The lowest BCUT2D eigenvalue weighted by atomic mass is 10.0. The van der Waals surface area contributed by atoms with Crippen molar-refractivity contribution in [2.45, 2.75) is 56.9 Å². The second-order valence-electron chi connectivity index (χ2n) is 11.6. The van der Waals surface area contributed by atoms with E-state index < -0.39 is 23.6 Å². The van der Waals surface area contributed by atoms with Crippen LogP contribution >= 0.6 is 0 Å². The fourth-order valence-corrected chi connectivity index (χ4v) is 6.27. The maximum atomic E-state index is 14.4. The smallest absolute Gasteiger partial charge is 0.421 e. The summed E-state index contributed by atoms with van der Waals surface area (Å²) >= 11 is 0. The number of rotatable bonds is 7. The molecule has 4 heterocycles. The zero-order chi connectivity index (χ0) is 30.9. The number of anilines is 2. The van der Waals surface area contributed by atoms with Gasteiger partial charge in [0.05, 0.1) is 42.0 Å². The maximum Gasteiger partial charge on any atom is 0.421 e. The van der Waals surface area contributed by atoms with Crippen LogP contribution < -0.4 is 14.5 Å². The van der Waals surface area contributed by atoms with Gasteiger partial charge in [-0.05, 0) is 58.0 Å². The number of hydrogen-bond acceptors (Lipinski definition) is 8. The summed E-state index contributed by atoms with van der Waals surface area (Å²) in [5.41, 5.74) is -0.509. The van der Waals surface area contributed by atoms with Crippen LogP contribution in [0.2, 0.25) is 0 Å². The minimum absolute atomic E-state index is 0.00144. The van der Waals surface area contributed by atoms with Crippen molar-refractivity contribution in [1.29, 1.82) is 5.26 Å². The number of alkyl halides is 3. The van der Waals surface area contributed by atoms with Crippen molar-refractivity contribution in [3.63, 3.8) is 0 Å². The molecule has 0 bridgehead atoms. The summed E-state index contributed by atoms with van der Waals surface area (Å²) in [6, 6.07) is 5.22. The van der Waals surface area contributed by atoms with Crippen molar-refractivity contribution in [1.82, 2.24) is 19.8 Å². The van der Waals surface area contributed by atoms with Gasteiger partial charge in [0.1, 0.15) is 23.8 Å². The predicted octanol–water partition coefficient (Wildman–Crippen LogP) is 4.18. The molecule has 43 heavy (non-hydrogen) atoms. The molecular weight excluding hydrogens is 566 g/mol. The number of likely N-dealkylation sites (N-methyl/N-ethyl adjacent to an activating group) is 1. The molecule has 3 aliphatic rings. The van der Waals surface area contributed by atoms with Gasteiger partial charge in [0.15, 0.2) is 0 Å². The molecular formula is C30H35F4N7O2. The average Bonchev–Trinajstić information content (AvgIpc) is 3.31. The lowest BCUT2D eigenvalue weighted by Gasteiger charge is -2.42. The Bertz CT molecular complexity index is 1430. The Morgan fingerprint density at radius 3 is 2.70 bits per heavy atom. The Morgan fingerprint density at radius 2 is 2.02 bits per heavy atom. The number of carbonyl (C=O) groups is 1. The van der Waals surface area contributed by atoms with Gasteiger partial charge in [-0.2, -0.15) is 28.4 Å². The lowest BCUT2D eigenvalue weighted by Crippen LogP contribution is -2.55. The van der Waals surface area contributed by atoms with E-state index in [2.05, 4.69) is 29.5 Å². The fraction of sp³-hybridized carbons (Fsp3) is 0.533. The van der Waals surface area contributed by atoms with Gasteiger partial charge >= 0.3 is 12.2 Å². The molecule has 13 heteroatoms. The summed E-state index contributed by atoms with van der Waals surface area (Å²) in [4.78, 5) is 29.2. The number of nitrogens with zero attached hydrogens (tertiary/aromatic N) is 7. The molecule has 5 rings (SSSR count). The normalized spacial score (nSPS) is 22.7. The summed E-state index contributed by atoms with van der Waals surface area (Å²) in [5.74, 6) is -1.00. The third-order valence-corrected chi connectivity index (χ3v) is 8.85. The first-order valence-corrected chi connectivity index (χ1v) is 14.3. The van der Waals surface area contributed by atoms with Crippen molar-refractivity contribution >= 4 is 17.4 Å². The molecule has 1 amide bonds. The topological polar surface area (TPSA) is 88.8 Å². The van der Waals surface area contributed by atoms with Crippen LogP contribution in [-0.4, -0.2) is 83.6 Å². The van der Waals surface area contributed by atoms with E-state index in [1.165, 1.54) is 23.1 Å². The van der Waals surface area contributed by atoms with Gasteiger partial charge < -0.3 is 19.4 Å². The number of benzene rings is 1. The van der Waals surface area contributed by atoms with Gasteiger partial charge in [-0.1, -0.05) is 12.6 Å². The average molecular weight is 602 g/mol. The van der Waals surface area contributed by atoms with Gasteiger partial charge in [-0.15, -0.1) is 0 Å². The van der Waals surface area contributed by atoms with E-state index >= 15 is 0 Å². The van der Waals surface area contributed by atoms with Gasteiger partial charge in [-0.25, -0.2) is 4.39 Å². The van der Waals surface area contributed by atoms with Crippen molar-refractivity contribution < 1.29 is 27.1 Å². The highest BCUT2D eigenvalue weighted by Gasteiger charge is 2.40. The second-order valence-corrected chi connectivity index (χ2v) is 11.6. The third-order valence-electron chi connectivity index (χ3n) is 8.85. The molecule has 2 aromatic rings. The molecule has 0 radical (unpaired) electrons. The number of hydrogen-bond donors (Lipinski definition) is 0. The molecule has 2 atom stereocenters. The van der Waals surface area contributed by atoms with Gasteiger partial charge in [0, 0.05) is 31.7 Å². The summed E-state index contributed by atoms with van der Waals surface area (Å²) in [6.07, 6.45) is -1.24. The van der Waals surface area contributed by atoms with Crippen LogP contribution in [0.1, 0.15) is 43.0 Å². The molecule has 0 aliphatic carbocycles. The Hall–Kier alpha value is -3.92. The van der Waals surface area contributed by atoms with E-state index in [1.807, 2.05) is 11.9 Å². The number of amides is 1. The number of carbonyl (C=O) groups excluding carboxylic acids is 1. The van der Waals surface area contributed by atoms with E-state index in [0.29, 0.717) is 44.2 Å². The first kappa shape index (κ1) is 30.5. The highest BCUT2D eigenvalue weighted by atomic mass is 19.4. The van der Waals surface area contributed by atoms with Crippen LogP contribution in [0.4, 0.5) is 29.1 Å². The van der Waals surface area contributed by atoms with Crippen LogP contribution in [0.3, 0.4) is 0 Å². The summed E-state index contributed by atoms with van der Waals surface area (Å²) < 4.78 is 62.3. The van der Waals surface area contributed by atoms with E-state index in [-0.39, 0.29) is 42.7 Å². The molecule has 3 aliphatic heterocycles. The van der Waals surface area contributed by atoms with Crippen molar-refractivity contribution in [2.75, 3.05) is 56.2 Å². The standard InChI is InChI=1S/C30H35F4N7O2/c1-4-25(42)41-16-15-40(17-20(41)9-12-35)27-21-10-14-39(24-8-5-7-22(31)26(24)30(32,33)34)18-23(21)36-28(37-27)43-19-29(2)11-6-13-38(29)3/h4-5,7-8,20H,1,6,9-11,13-19H2,2-3H3/t20?,29-/m1/s1. The number of halogens is 4. The largest absolute Gasteiger partial charge is 0.461 e. The number of likely N-dealkylation sites (tertiary alicyclic amines) is 1. The Balaban J connectivity index is 1.50. The number of ether oxygens (including phenoxy) is 1. The van der Waals surface area contributed by atoms with Crippen LogP contribution in [0.5, 0.6) is 6.01 Å². The minimum Gasteiger partial charge on any atom is -0.461 e. The highest BCUT2D eigenvalue weighted by molar-refractivity contribution is 5.87. The highest BCUT2D eigenvalue weighted by Crippen LogP contribution is 2.41.